The maximum Gasteiger partial charge on any atom is 0.262 e. The molecule has 144 valence electrons. The van der Waals surface area contributed by atoms with Crippen LogP contribution in [0.1, 0.15) is 62.8 Å². The zero-order valence-corrected chi connectivity index (χ0v) is 16.6. The van der Waals surface area contributed by atoms with Gasteiger partial charge in [0.05, 0.1) is 22.6 Å². The second-order valence-corrected chi connectivity index (χ2v) is 8.66. The van der Waals surface area contributed by atoms with Crippen LogP contribution in [0.3, 0.4) is 0 Å². The van der Waals surface area contributed by atoms with Gasteiger partial charge in [0.2, 0.25) is 0 Å². The number of hydrogen-bond acceptors (Lipinski definition) is 6. The first-order valence-electron chi connectivity index (χ1n) is 9.76. The van der Waals surface area contributed by atoms with Crippen molar-refractivity contribution in [1.82, 2.24) is 24.5 Å². The molecule has 2 aliphatic rings. The summed E-state index contributed by atoms with van der Waals surface area (Å²) in [6.45, 7) is 1.80. The van der Waals surface area contributed by atoms with E-state index in [-0.39, 0.29) is 11.8 Å². The van der Waals surface area contributed by atoms with Crippen molar-refractivity contribution in [3.05, 3.63) is 58.0 Å². The van der Waals surface area contributed by atoms with E-state index >= 15 is 0 Å². The molecule has 6 rings (SSSR count). The van der Waals surface area contributed by atoms with Gasteiger partial charge >= 0.3 is 0 Å². The van der Waals surface area contributed by atoms with Crippen LogP contribution in [0.15, 0.2) is 30.6 Å². The molecule has 1 aliphatic heterocycles. The Morgan fingerprint density at radius 1 is 1.07 bits per heavy atom. The topological polar surface area (TPSA) is 80.5 Å². The van der Waals surface area contributed by atoms with Gasteiger partial charge in [-0.2, -0.15) is 0 Å². The molecule has 0 saturated heterocycles. The van der Waals surface area contributed by atoms with Crippen LogP contribution in [0, 0.1) is 0 Å². The molecule has 0 unspecified atom stereocenters. The third-order valence-corrected chi connectivity index (χ3v) is 7.09. The van der Waals surface area contributed by atoms with E-state index < -0.39 is 6.04 Å². The second-order valence-electron chi connectivity index (χ2n) is 7.58. The molecule has 1 aromatic carbocycles. The number of thiophene rings is 1. The summed E-state index contributed by atoms with van der Waals surface area (Å²) in [5, 5.41) is 5.64. The van der Waals surface area contributed by atoms with E-state index in [0.29, 0.717) is 17.0 Å². The Balaban J connectivity index is 1.47. The zero-order valence-electron chi connectivity index (χ0n) is 15.8. The van der Waals surface area contributed by atoms with Gasteiger partial charge in [0.25, 0.3) is 11.8 Å². The molecule has 2 amide bonds. The smallest absolute Gasteiger partial charge is 0.262 e. The predicted molar refractivity (Wildman–Crippen MR) is 108 cm³/mol. The molecule has 8 heteroatoms. The van der Waals surface area contributed by atoms with E-state index in [2.05, 4.69) is 10.1 Å². The molecule has 0 saturated carbocycles. The minimum atomic E-state index is -0.563. The Morgan fingerprint density at radius 3 is 2.55 bits per heavy atom. The van der Waals surface area contributed by atoms with Crippen LogP contribution in [0.5, 0.6) is 0 Å². The third kappa shape index (κ3) is 2.26. The molecule has 0 fully saturated rings. The van der Waals surface area contributed by atoms with Crippen molar-refractivity contribution < 1.29 is 9.59 Å². The van der Waals surface area contributed by atoms with Gasteiger partial charge < -0.3 is 0 Å². The quantitative estimate of drug-likeness (QED) is 0.478. The van der Waals surface area contributed by atoms with Crippen LogP contribution in [0.2, 0.25) is 0 Å². The van der Waals surface area contributed by atoms with Crippen LogP contribution in [0.25, 0.3) is 15.9 Å². The Kier molecular flexibility index (Phi) is 3.44. The molecule has 29 heavy (non-hydrogen) atoms. The molecule has 3 aromatic heterocycles. The lowest BCUT2D eigenvalue weighted by molar-refractivity contribution is 0.0589. The Hall–Kier alpha value is -3.13. The largest absolute Gasteiger partial charge is 0.269 e. The highest BCUT2D eigenvalue weighted by Crippen LogP contribution is 2.37. The minimum Gasteiger partial charge on any atom is -0.269 e. The normalized spacial score (nSPS) is 17.2. The van der Waals surface area contributed by atoms with Crippen molar-refractivity contribution >= 4 is 39.0 Å². The van der Waals surface area contributed by atoms with Gasteiger partial charge in [-0.25, -0.2) is 14.5 Å². The molecule has 4 aromatic rings. The molecule has 7 nitrogen and oxygen atoms in total. The Labute approximate surface area is 170 Å². The summed E-state index contributed by atoms with van der Waals surface area (Å²) in [6.07, 6.45) is 6.18. The van der Waals surface area contributed by atoms with Gasteiger partial charge in [-0.15, -0.1) is 16.4 Å². The predicted octanol–water partition coefficient (Wildman–Crippen LogP) is 3.58. The molecule has 0 N–H and O–H groups in total. The molecule has 0 spiro atoms. The number of rotatable bonds is 2. The van der Waals surface area contributed by atoms with Gasteiger partial charge in [-0.1, -0.05) is 12.1 Å². The first kappa shape index (κ1) is 16.8. The number of fused-ring (bicyclic) bond motifs is 6. The maximum absolute atomic E-state index is 12.8. The Morgan fingerprint density at radius 2 is 1.79 bits per heavy atom. The summed E-state index contributed by atoms with van der Waals surface area (Å²) in [4.78, 5) is 38.6. The van der Waals surface area contributed by atoms with Crippen LogP contribution in [-0.4, -0.2) is 36.3 Å². The highest BCUT2D eigenvalue weighted by Gasteiger charge is 2.40. The van der Waals surface area contributed by atoms with Gasteiger partial charge in [0.1, 0.15) is 11.2 Å². The van der Waals surface area contributed by atoms with Crippen molar-refractivity contribution in [3.63, 3.8) is 0 Å². The number of aromatic nitrogens is 4. The highest BCUT2D eigenvalue weighted by molar-refractivity contribution is 7.19. The van der Waals surface area contributed by atoms with E-state index in [1.165, 1.54) is 28.2 Å². The van der Waals surface area contributed by atoms with E-state index in [1.807, 2.05) is 0 Å². The average molecular weight is 403 g/mol. The first-order chi connectivity index (χ1) is 14.1. The number of carbonyl (C=O) groups excluding carboxylic acids is 2. The van der Waals surface area contributed by atoms with Gasteiger partial charge in [-0.3, -0.25) is 14.5 Å². The number of nitrogens with zero attached hydrogens (tertiary/aromatic N) is 5. The van der Waals surface area contributed by atoms with Gasteiger partial charge in [-0.05, 0) is 50.3 Å². The summed E-state index contributed by atoms with van der Waals surface area (Å²) in [7, 11) is 0. The zero-order chi connectivity index (χ0) is 19.7. The third-order valence-electron chi connectivity index (χ3n) is 5.89. The van der Waals surface area contributed by atoms with Gasteiger partial charge in [0.15, 0.2) is 11.5 Å². The van der Waals surface area contributed by atoms with E-state index in [4.69, 9.17) is 4.98 Å². The number of aryl methyl sites for hydroxylation is 2. The fourth-order valence-corrected chi connectivity index (χ4v) is 5.65. The van der Waals surface area contributed by atoms with Crippen molar-refractivity contribution in [3.8, 4) is 0 Å². The molecular formula is C21H17N5O2S. The number of benzene rings is 1. The van der Waals surface area contributed by atoms with Crippen LogP contribution in [0.4, 0.5) is 0 Å². The average Bonchev–Trinajstić information content (AvgIpc) is 3.40. The lowest BCUT2D eigenvalue weighted by atomic mass is 9.97. The molecule has 1 aliphatic carbocycles. The summed E-state index contributed by atoms with van der Waals surface area (Å²) in [5.74, 6) is -0.147. The van der Waals surface area contributed by atoms with Gasteiger partial charge in [0, 0.05) is 4.88 Å². The highest BCUT2D eigenvalue weighted by atomic mass is 32.1. The van der Waals surface area contributed by atoms with E-state index in [1.54, 1.807) is 53.4 Å². The summed E-state index contributed by atoms with van der Waals surface area (Å²) >= 11 is 1.74. The number of amides is 2. The molecule has 0 radical (unpaired) electrons. The van der Waals surface area contributed by atoms with E-state index in [9.17, 15) is 9.59 Å². The Bertz CT molecular complexity index is 1300. The number of imide groups is 1. The lowest BCUT2D eigenvalue weighted by Gasteiger charge is -2.19. The van der Waals surface area contributed by atoms with Crippen LogP contribution < -0.4 is 0 Å². The van der Waals surface area contributed by atoms with Crippen molar-refractivity contribution in [1.29, 1.82) is 0 Å². The summed E-state index contributed by atoms with van der Waals surface area (Å²) in [6, 6.07) is 6.34. The van der Waals surface area contributed by atoms with Crippen molar-refractivity contribution in [2.75, 3.05) is 0 Å². The fraction of sp³-hybridized carbons (Fsp3) is 0.286. The second kappa shape index (κ2) is 5.93. The molecule has 0 bridgehead atoms. The van der Waals surface area contributed by atoms with Crippen LogP contribution in [-0.2, 0) is 12.8 Å². The maximum atomic E-state index is 12.8. The minimum absolute atomic E-state index is 0.298. The monoisotopic (exact) mass is 403 g/mol. The van der Waals surface area contributed by atoms with Crippen LogP contribution >= 0.6 is 11.3 Å². The van der Waals surface area contributed by atoms with Crippen molar-refractivity contribution in [2.24, 2.45) is 0 Å². The molecular weight excluding hydrogens is 386 g/mol. The summed E-state index contributed by atoms with van der Waals surface area (Å²) in [5.41, 5.74) is 2.96. The number of hydrogen-bond donors (Lipinski definition) is 0. The SMILES string of the molecule is C[C@H](c1nc2c3c4c(sc3ncn2n1)CCCC4)N1C(=O)c2ccccc2C1=O. The standard InChI is InChI=1S/C21H17N5O2S/c1-11(26-20(27)12-6-2-3-7-13(12)21(26)28)17-23-18-16-14-8-4-5-9-15(14)29-19(16)22-10-25(18)24-17/h2-3,6-7,10-11H,4-5,8-9H2,1H3/t11-/m1/s1. The molecule has 4 heterocycles. The molecule has 1 atom stereocenters. The summed E-state index contributed by atoms with van der Waals surface area (Å²) < 4.78 is 1.67. The van der Waals surface area contributed by atoms with Crippen molar-refractivity contribution in [2.45, 2.75) is 38.6 Å². The lowest BCUT2D eigenvalue weighted by Crippen LogP contribution is -2.33. The fourth-order valence-electron chi connectivity index (χ4n) is 4.42. The number of carbonyl (C=O) groups is 2. The first-order valence-corrected chi connectivity index (χ1v) is 10.6. The van der Waals surface area contributed by atoms with E-state index in [0.717, 1.165) is 28.7 Å².